The zero-order valence-electron chi connectivity index (χ0n) is 58.0. The zero-order chi connectivity index (χ0) is 66.6. The molecule has 0 saturated heterocycles. The summed E-state index contributed by atoms with van der Waals surface area (Å²) in [6.45, 7) is 0. The molecule has 0 heteroatoms. The fraction of sp³-hybridized carbons (Fsp3) is 0. The van der Waals surface area contributed by atoms with E-state index in [0.717, 1.165) is 76.5 Å². The van der Waals surface area contributed by atoms with Gasteiger partial charge in [0.2, 0.25) is 0 Å². The van der Waals surface area contributed by atoms with Crippen molar-refractivity contribution in [3.05, 3.63) is 315 Å². The van der Waals surface area contributed by atoms with Crippen LogP contribution in [-0.2, 0) is 0 Å². The number of rotatable bonds is 6. The Bertz CT molecular complexity index is 6100. The molecule has 18 aromatic rings. The second kappa shape index (κ2) is 19.4. The van der Waals surface area contributed by atoms with Crippen LogP contribution in [0.3, 0.4) is 0 Å². The predicted molar refractivity (Wildman–Crippen MR) is 363 cm³/mol. The maximum atomic E-state index is 9.21. The van der Waals surface area contributed by atoms with Gasteiger partial charge in [-0.25, -0.2) is 0 Å². The summed E-state index contributed by atoms with van der Waals surface area (Å²) in [4.78, 5) is 0. The fourth-order valence-corrected chi connectivity index (χ4v) is 13.3. The van der Waals surface area contributed by atoms with Crippen molar-refractivity contribution >= 4 is 108 Å². The Hall–Kier alpha value is -10.9. The molecule has 0 heterocycles. The molecule has 0 aliphatic rings. The standard InChI is InChI=1S/C44H26.C40H26/c1-2-6-27(7-3-1)34-24-35(37-20-16-32-14-12-28-8-4-10-30-18-22-39(37)43(32)41(28)30)26-36(25-34)38-21-17-33-15-13-29-9-5-11-31-19-23-40(38)44(33)42(29)31;1-2-12-31-26-32(25-22-27(31)10-1)28-20-23-30(24-21-28)39-35-15-5-7-17-37(35)40(38-18-8-6-16-36(38)39)34-19-9-13-29-11-3-4-14-33(29)34/h1-26H;1-26H/i1D,2D,3D,6D,7D;5D,6D,7D,8D,15D,16D,17D,18D. The van der Waals surface area contributed by atoms with Crippen LogP contribution < -0.4 is 0 Å². The molecule has 388 valence electrons. The van der Waals surface area contributed by atoms with Gasteiger partial charge in [-0.1, -0.05) is 291 Å². The van der Waals surface area contributed by atoms with Crippen LogP contribution in [0.2, 0.25) is 0 Å². The molecule has 84 heavy (non-hydrogen) atoms. The average molecular weight is 1070 g/mol. The molecule has 18 aromatic carbocycles. The lowest BCUT2D eigenvalue weighted by Crippen LogP contribution is -1.91. The quantitative estimate of drug-likeness (QED) is 0.115. The lowest BCUT2D eigenvalue weighted by molar-refractivity contribution is 1.59. The van der Waals surface area contributed by atoms with Crippen molar-refractivity contribution in [2.24, 2.45) is 0 Å². The summed E-state index contributed by atoms with van der Waals surface area (Å²) in [5, 5.41) is 18.9. The Labute approximate surface area is 505 Å². The van der Waals surface area contributed by atoms with E-state index in [-0.39, 0.29) is 75.4 Å². The second-order valence-corrected chi connectivity index (χ2v) is 21.7. The highest BCUT2D eigenvalue weighted by Crippen LogP contribution is 2.47. The molecular formula is C84H52. The van der Waals surface area contributed by atoms with Crippen molar-refractivity contribution in [2.45, 2.75) is 0 Å². The molecule has 0 spiro atoms. The monoisotopic (exact) mass is 1070 g/mol. The lowest BCUT2D eigenvalue weighted by atomic mass is 9.84. The minimum Gasteiger partial charge on any atom is -0.0622 e. The van der Waals surface area contributed by atoms with Gasteiger partial charge in [0.05, 0.1) is 17.8 Å². The minimum atomic E-state index is -0.411. The topological polar surface area (TPSA) is 0 Å². The lowest BCUT2D eigenvalue weighted by Gasteiger charge is -2.19. The minimum absolute atomic E-state index is 0.199. The van der Waals surface area contributed by atoms with Gasteiger partial charge in [-0.05, 0) is 199 Å². The highest BCUT2D eigenvalue weighted by Gasteiger charge is 2.20. The molecule has 0 aliphatic carbocycles. The molecule has 0 amide bonds. The Morgan fingerprint density at radius 2 is 0.583 bits per heavy atom. The SMILES string of the molecule is [2H]c1c([2H])c([2H])c(-c2cc(-c3ccc4ccc5cccc6ccc3c4c56)cc(-c3ccc4ccc5cccc6ccc3c4c56)c2)c([2H])c1[2H].[2H]c1c([2H])c([2H])c2c(-c3cccc4ccccc34)c3c([2H])c([2H])c([2H])c([2H])c3c(-c3ccc(-c4ccc5ccccc5c4)cc3)c2c1[2H]. The van der Waals surface area contributed by atoms with Crippen LogP contribution in [-0.4, -0.2) is 0 Å². The van der Waals surface area contributed by atoms with Crippen LogP contribution >= 0.6 is 0 Å². The van der Waals surface area contributed by atoms with Crippen molar-refractivity contribution in [1.29, 1.82) is 0 Å². The molecule has 0 atom stereocenters. The fourth-order valence-electron chi connectivity index (χ4n) is 13.3. The number of hydrogen-bond acceptors (Lipinski definition) is 0. The van der Waals surface area contributed by atoms with Crippen molar-refractivity contribution in [3.63, 3.8) is 0 Å². The summed E-state index contributed by atoms with van der Waals surface area (Å²) in [6, 6.07) is 76.0. The van der Waals surface area contributed by atoms with Crippen LogP contribution in [0.15, 0.2) is 315 Å². The van der Waals surface area contributed by atoms with E-state index in [1.165, 1.54) is 43.1 Å². The van der Waals surface area contributed by atoms with Crippen molar-refractivity contribution in [1.82, 2.24) is 0 Å². The smallest absolute Gasteiger partial charge is 0.0622 e. The van der Waals surface area contributed by atoms with E-state index in [4.69, 9.17) is 12.3 Å². The van der Waals surface area contributed by atoms with Gasteiger partial charge in [-0.2, -0.15) is 0 Å². The van der Waals surface area contributed by atoms with Gasteiger partial charge >= 0.3 is 0 Å². The molecule has 0 N–H and O–H groups in total. The normalized spacial score (nSPS) is 14.0. The molecule has 0 saturated carbocycles. The Kier molecular flexibility index (Phi) is 8.41. The third-order valence-electron chi connectivity index (χ3n) is 17.1. The molecule has 18 rings (SSSR count). The van der Waals surface area contributed by atoms with Crippen LogP contribution in [0.1, 0.15) is 17.8 Å². The second-order valence-electron chi connectivity index (χ2n) is 21.7. The van der Waals surface area contributed by atoms with Crippen molar-refractivity contribution in [2.75, 3.05) is 0 Å². The van der Waals surface area contributed by atoms with E-state index in [1.807, 2.05) is 97.1 Å². The summed E-state index contributed by atoms with van der Waals surface area (Å²) in [6.07, 6.45) is 0. The molecular weight excluding hydrogens is 1010 g/mol. The van der Waals surface area contributed by atoms with E-state index in [1.54, 1.807) is 0 Å². The highest BCUT2D eigenvalue weighted by atomic mass is 14.2. The van der Waals surface area contributed by atoms with Gasteiger partial charge < -0.3 is 0 Å². The summed E-state index contributed by atoms with van der Waals surface area (Å²) in [5.41, 5.74) is 8.51. The highest BCUT2D eigenvalue weighted by molar-refractivity contribution is 6.28. The molecule has 0 radical (unpaired) electrons. The maximum absolute atomic E-state index is 9.21. The van der Waals surface area contributed by atoms with Gasteiger partial charge in [-0.3, -0.25) is 0 Å². The first-order valence-corrected chi connectivity index (χ1v) is 28.1. The van der Waals surface area contributed by atoms with Crippen molar-refractivity contribution in [3.8, 4) is 66.8 Å². The van der Waals surface area contributed by atoms with Gasteiger partial charge in [0, 0.05) is 0 Å². The largest absolute Gasteiger partial charge is 0.0629 e. The first kappa shape index (κ1) is 36.4. The zero-order valence-corrected chi connectivity index (χ0v) is 45.0. The first-order chi connectivity index (χ1) is 47.0. The van der Waals surface area contributed by atoms with E-state index in [9.17, 15) is 5.48 Å². The van der Waals surface area contributed by atoms with E-state index in [0.29, 0.717) is 27.8 Å². The summed E-state index contributed by atoms with van der Waals surface area (Å²) in [7, 11) is 0. The van der Waals surface area contributed by atoms with Crippen LogP contribution in [0.25, 0.3) is 174 Å². The first-order valence-electron chi connectivity index (χ1n) is 34.6. The van der Waals surface area contributed by atoms with Gasteiger partial charge in [0.1, 0.15) is 0 Å². The number of fused-ring (bicyclic) bond motifs is 4. The molecule has 0 aromatic heterocycles. The molecule has 0 bridgehead atoms. The van der Waals surface area contributed by atoms with E-state index < -0.39 is 30.2 Å². The summed E-state index contributed by atoms with van der Waals surface area (Å²) in [5.74, 6) is 0. The molecule has 0 aliphatic heterocycles. The molecule has 0 fully saturated rings. The Balaban J connectivity index is 0.000000146. The third kappa shape index (κ3) is 7.76. The van der Waals surface area contributed by atoms with E-state index in [2.05, 4.69) is 140 Å². The maximum Gasteiger partial charge on any atom is 0.0629 e. The van der Waals surface area contributed by atoms with Crippen LogP contribution in [0, 0.1) is 0 Å². The van der Waals surface area contributed by atoms with Crippen LogP contribution in [0.5, 0.6) is 0 Å². The van der Waals surface area contributed by atoms with Gasteiger partial charge in [0.15, 0.2) is 0 Å². The van der Waals surface area contributed by atoms with E-state index >= 15 is 0 Å². The van der Waals surface area contributed by atoms with Gasteiger partial charge in [0.25, 0.3) is 0 Å². The summed E-state index contributed by atoms with van der Waals surface area (Å²) >= 11 is 0. The number of hydrogen-bond donors (Lipinski definition) is 0. The third-order valence-corrected chi connectivity index (χ3v) is 17.1. The molecule has 0 nitrogen and oxygen atoms in total. The summed E-state index contributed by atoms with van der Waals surface area (Å²) < 4.78 is 115. The van der Waals surface area contributed by atoms with Crippen LogP contribution in [0.4, 0.5) is 0 Å². The van der Waals surface area contributed by atoms with Crippen molar-refractivity contribution < 1.29 is 17.8 Å². The molecule has 0 unspecified atom stereocenters. The Morgan fingerprint density at radius 1 is 0.179 bits per heavy atom. The Morgan fingerprint density at radius 3 is 1.17 bits per heavy atom. The predicted octanol–water partition coefficient (Wildman–Crippen LogP) is 23.8. The van der Waals surface area contributed by atoms with Gasteiger partial charge in [-0.15, -0.1) is 0 Å². The number of benzene rings is 18. The average Bonchev–Trinajstić information content (AvgIpc) is 0.700.